The topological polar surface area (TPSA) is 47.6 Å². The predicted molar refractivity (Wildman–Crippen MR) is 53.8 cm³/mol. The second-order valence-corrected chi connectivity index (χ2v) is 2.53. The number of hydrogen-bond donors (Lipinski definition) is 1. The smallest absolute Gasteiger partial charge is 0.211 e. The second-order valence-electron chi connectivity index (χ2n) is 2.53. The van der Waals surface area contributed by atoms with E-state index in [9.17, 15) is 4.79 Å². The van der Waals surface area contributed by atoms with Gasteiger partial charge in [0.2, 0.25) is 6.41 Å². The van der Waals surface area contributed by atoms with E-state index < -0.39 is 0 Å². The summed E-state index contributed by atoms with van der Waals surface area (Å²) in [4.78, 5) is 10.3. The highest BCUT2D eigenvalue weighted by Gasteiger charge is 2.08. The van der Waals surface area contributed by atoms with Crippen LogP contribution in [0.15, 0.2) is 18.2 Å². The Morgan fingerprint density at radius 2 is 2.29 bits per heavy atom. The molecule has 0 fully saturated rings. The van der Waals surface area contributed by atoms with E-state index in [1.807, 2.05) is 6.92 Å². The first kappa shape index (κ1) is 10.4. The van der Waals surface area contributed by atoms with E-state index in [0.717, 1.165) is 0 Å². The molecule has 0 heterocycles. The van der Waals surface area contributed by atoms with Crippen LogP contribution in [0, 0.1) is 0 Å². The number of nitrogens with one attached hydrogen (secondary N) is 1. The van der Waals surface area contributed by atoms with Crippen molar-refractivity contribution >= 4 is 12.1 Å². The van der Waals surface area contributed by atoms with Crippen molar-refractivity contribution in [3.05, 3.63) is 18.2 Å². The molecule has 4 heteroatoms. The minimum Gasteiger partial charge on any atom is -0.491 e. The standard InChI is InChI=1S/C10H13NO3/c1-3-14-9-6-4-5-8(11-7-12)10(9)13-2/h4-7H,3H2,1-2H3,(H,11,12). The fraction of sp³-hybridized carbons (Fsp3) is 0.300. The summed E-state index contributed by atoms with van der Waals surface area (Å²) in [5.41, 5.74) is 0.605. The fourth-order valence-corrected chi connectivity index (χ4v) is 1.17. The van der Waals surface area contributed by atoms with Crippen molar-refractivity contribution in [2.24, 2.45) is 0 Å². The number of hydrogen-bond acceptors (Lipinski definition) is 3. The molecule has 0 aliphatic heterocycles. The van der Waals surface area contributed by atoms with E-state index in [4.69, 9.17) is 9.47 Å². The molecule has 1 aromatic carbocycles. The highest BCUT2D eigenvalue weighted by atomic mass is 16.5. The molecule has 76 valence electrons. The third-order valence-electron chi connectivity index (χ3n) is 1.70. The van der Waals surface area contributed by atoms with Gasteiger partial charge in [0, 0.05) is 0 Å². The Hall–Kier alpha value is -1.71. The summed E-state index contributed by atoms with van der Waals surface area (Å²) in [6, 6.07) is 5.33. The van der Waals surface area contributed by atoms with Crippen LogP contribution in [0.3, 0.4) is 0 Å². The molecule has 1 aromatic rings. The van der Waals surface area contributed by atoms with E-state index in [1.165, 1.54) is 7.11 Å². The summed E-state index contributed by atoms with van der Waals surface area (Å²) in [6.45, 7) is 2.44. The molecule has 0 aliphatic rings. The quantitative estimate of drug-likeness (QED) is 0.727. The molecular weight excluding hydrogens is 182 g/mol. The van der Waals surface area contributed by atoms with Gasteiger partial charge >= 0.3 is 0 Å². The molecule has 4 nitrogen and oxygen atoms in total. The van der Waals surface area contributed by atoms with Gasteiger partial charge in [-0.2, -0.15) is 0 Å². The molecule has 0 saturated heterocycles. The Morgan fingerprint density at radius 1 is 1.50 bits per heavy atom. The summed E-state index contributed by atoms with van der Waals surface area (Å²) in [5.74, 6) is 1.17. The molecular formula is C10H13NO3. The zero-order valence-corrected chi connectivity index (χ0v) is 8.24. The van der Waals surface area contributed by atoms with Crippen LogP contribution >= 0.6 is 0 Å². The van der Waals surface area contributed by atoms with E-state index in [1.54, 1.807) is 18.2 Å². The van der Waals surface area contributed by atoms with Crippen LogP contribution in [0.1, 0.15) is 6.92 Å². The van der Waals surface area contributed by atoms with Crippen molar-refractivity contribution in [1.29, 1.82) is 0 Å². The Morgan fingerprint density at radius 3 is 2.86 bits per heavy atom. The normalized spacial score (nSPS) is 9.29. The van der Waals surface area contributed by atoms with Gasteiger partial charge in [0.15, 0.2) is 11.5 Å². The minimum absolute atomic E-state index is 0.543. The summed E-state index contributed by atoms with van der Waals surface area (Å²) in [5, 5.41) is 2.54. The van der Waals surface area contributed by atoms with Crippen molar-refractivity contribution in [1.82, 2.24) is 0 Å². The lowest BCUT2D eigenvalue weighted by Crippen LogP contribution is -2.00. The average Bonchev–Trinajstić information content (AvgIpc) is 2.19. The number of amides is 1. The van der Waals surface area contributed by atoms with Gasteiger partial charge < -0.3 is 14.8 Å². The number of rotatable bonds is 5. The first-order valence-corrected chi connectivity index (χ1v) is 4.33. The van der Waals surface area contributed by atoms with Crippen LogP contribution in [-0.2, 0) is 4.79 Å². The Labute approximate surface area is 82.8 Å². The highest BCUT2D eigenvalue weighted by molar-refractivity contribution is 5.77. The van der Waals surface area contributed by atoms with Crippen molar-refractivity contribution < 1.29 is 14.3 Å². The number of anilines is 1. The number of para-hydroxylation sites is 1. The third kappa shape index (κ3) is 2.16. The zero-order valence-electron chi connectivity index (χ0n) is 8.24. The van der Waals surface area contributed by atoms with Gasteiger partial charge in [-0.15, -0.1) is 0 Å². The van der Waals surface area contributed by atoms with Gasteiger partial charge in [-0.05, 0) is 19.1 Å². The SMILES string of the molecule is CCOc1cccc(NC=O)c1OC. The van der Waals surface area contributed by atoms with Crippen LogP contribution in [0.2, 0.25) is 0 Å². The lowest BCUT2D eigenvalue weighted by Gasteiger charge is -2.12. The van der Waals surface area contributed by atoms with Crippen molar-refractivity contribution in [2.75, 3.05) is 19.0 Å². The molecule has 0 bridgehead atoms. The van der Waals surface area contributed by atoms with Crippen molar-refractivity contribution in [3.8, 4) is 11.5 Å². The van der Waals surface area contributed by atoms with Gasteiger partial charge in [-0.3, -0.25) is 4.79 Å². The Bertz CT molecular complexity index is 312. The monoisotopic (exact) mass is 195 g/mol. The average molecular weight is 195 g/mol. The molecule has 1 rings (SSSR count). The summed E-state index contributed by atoms with van der Waals surface area (Å²) in [6.07, 6.45) is 0.605. The van der Waals surface area contributed by atoms with Gasteiger partial charge in [-0.1, -0.05) is 6.07 Å². The Kier molecular flexibility index (Phi) is 3.79. The molecule has 0 unspecified atom stereocenters. The van der Waals surface area contributed by atoms with Crippen LogP contribution in [0.4, 0.5) is 5.69 Å². The summed E-state index contributed by atoms with van der Waals surface area (Å²) >= 11 is 0. The molecule has 0 radical (unpaired) electrons. The maximum atomic E-state index is 10.3. The molecule has 14 heavy (non-hydrogen) atoms. The number of ether oxygens (including phenoxy) is 2. The molecule has 0 spiro atoms. The minimum atomic E-state index is 0.543. The highest BCUT2D eigenvalue weighted by Crippen LogP contribution is 2.34. The Balaban J connectivity index is 3.03. The van der Waals surface area contributed by atoms with Crippen LogP contribution in [0.5, 0.6) is 11.5 Å². The van der Waals surface area contributed by atoms with Gasteiger partial charge in [0.1, 0.15) is 0 Å². The van der Waals surface area contributed by atoms with Crippen molar-refractivity contribution in [2.45, 2.75) is 6.92 Å². The third-order valence-corrected chi connectivity index (χ3v) is 1.70. The largest absolute Gasteiger partial charge is 0.491 e. The maximum Gasteiger partial charge on any atom is 0.211 e. The molecule has 0 aliphatic carbocycles. The van der Waals surface area contributed by atoms with Crippen LogP contribution < -0.4 is 14.8 Å². The van der Waals surface area contributed by atoms with Gasteiger partial charge in [-0.25, -0.2) is 0 Å². The summed E-state index contributed by atoms with van der Waals surface area (Å²) < 4.78 is 10.5. The van der Waals surface area contributed by atoms with E-state index >= 15 is 0 Å². The number of methoxy groups -OCH3 is 1. The van der Waals surface area contributed by atoms with E-state index in [0.29, 0.717) is 30.2 Å². The molecule has 0 saturated carbocycles. The first-order valence-electron chi connectivity index (χ1n) is 4.33. The zero-order chi connectivity index (χ0) is 10.4. The summed E-state index contributed by atoms with van der Waals surface area (Å²) in [7, 11) is 1.54. The van der Waals surface area contributed by atoms with Gasteiger partial charge in [0.05, 0.1) is 19.4 Å². The number of benzene rings is 1. The maximum absolute atomic E-state index is 10.3. The number of carbonyl (C=O) groups excluding carboxylic acids is 1. The molecule has 1 N–H and O–H groups in total. The molecule has 0 atom stereocenters. The number of carbonyl (C=O) groups is 1. The lowest BCUT2D eigenvalue weighted by atomic mass is 10.2. The molecule has 0 aromatic heterocycles. The van der Waals surface area contributed by atoms with Crippen LogP contribution in [0.25, 0.3) is 0 Å². The molecule has 1 amide bonds. The van der Waals surface area contributed by atoms with Crippen LogP contribution in [-0.4, -0.2) is 20.1 Å². The first-order chi connectivity index (χ1) is 6.83. The van der Waals surface area contributed by atoms with Gasteiger partial charge in [0.25, 0.3) is 0 Å². The lowest BCUT2D eigenvalue weighted by molar-refractivity contribution is -0.105. The van der Waals surface area contributed by atoms with E-state index in [-0.39, 0.29) is 0 Å². The second kappa shape index (κ2) is 5.11. The fourth-order valence-electron chi connectivity index (χ4n) is 1.17. The van der Waals surface area contributed by atoms with Crippen molar-refractivity contribution in [3.63, 3.8) is 0 Å². The van der Waals surface area contributed by atoms with E-state index in [2.05, 4.69) is 5.32 Å². The predicted octanol–water partition coefficient (Wildman–Crippen LogP) is 1.66.